The quantitative estimate of drug-likeness (QED) is 0.658. The average molecular weight is 390 g/mol. The maximum atomic E-state index is 13.0. The number of sulfonamides is 1. The summed E-state index contributed by atoms with van der Waals surface area (Å²) < 4.78 is 32.8. The Morgan fingerprint density at radius 2 is 1.83 bits per heavy atom. The van der Waals surface area contributed by atoms with E-state index < -0.39 is 23.7 Å². The fraction of sp³-hybridized carbons (Fsp3) is 0.200. The van der Waals surface area contributed by atoms with Crippen LogP contribution in [0.2, 0.25) is 5.02 Å². The highest BCUT2D eigenvalue weighted by Gasteiger charge is 2.42. The zero-order valence-corrected chi connectivity index (χ0v) is 15.6. The topological polar surface area (TPSA) is 46.6 Å². The monoisotopic (exact) mass is 389 g/mol. The Hall–Kier alpha value is -0.840. The minimum absolute atomic E-state index is 0.192. The Balaban J connectivity index is 2.07. The summed E-state index contributed by atoms with van der Waals surface area (Å²) in [6.45, 7) is 3.68. The van der Waals surface area contributed by atoms with Crippen LogP contribution in [0.15, 0.2) is 47.4 Å². The molecule has 0 bridgehead atoms. The van der Waals surface area contributed by atoms with Gasteiger partial charge in [-0.1, -0.05) is 29.3 Å². The molecule has 0 saturated carbocycles. The second kappa shape index (κ2) is 6.23. The molecule has 0 aliphatic carbocycles. The van der Waals surface area contributed by atoms with Gasteiger partial charge in [-0.05, 0) is 55.4 Å². The lowest BCUT2D eigenvalue weighted by Crippen LogP contribution is -2.32. The van der Waals surface area contributed by atoms with E-state index in [9.17, 15) is 8.42 Å². The minimum atomic E-state index is -3.77. The van der Waals surface area contributed by atoms with E-state index in [0.717, 1.165) is 5.56 Å². The predicted molar refractivity (Wildman–Crippen MR) is 93.5 cm³/mol. The fourth-order valence-corrected chi connectivity index (χ4v) is 7.03. The third kappa shape index (κ3) is 3.09. The molecule has 1 aliphatic heterocycles. The van der Waals surface area contributed by atoms with E-state index in [1.165, 1.54) is 4.08 Å². The van der Waals surface area contributed by atoms with Gasteiger partial charge >= 0.3 is 0 Å². The smallest absolute Gasteiger partial charge is 0.281 e. The minimum Gasteiger partial charge on any atom is -0.444 e. The van der Waals surface area contributed by atoms with E-state index in [1.54, 1.807) is 49.4 Å². The molecule has 1 aliphatic rings. The molecule has 0 radical (unpaired) electrons. The van der Waals surface area contributed by atoms with Gasteiger partial charge in [0.05, 0.1) is 10.9 Å². The molecule has 0 aromatic heterocycles. The molecule has 122 valence electrons. The molecule has 0 amide bonds. The van der Waals surface area contributed by atoms with E-state index in [-0.39, 0.29) is 4.90 Å². The second-order valence-electron chi connectivity index (χ2n) is 5.27. The average Bonchev–Trinajstić information content (AvgIpc) is 2.48. The zero-order valence-electron chi connectivity index (χ0n) is 12.4. The van der Waals surface area contributed by atoms with E-state index >= 15 is 0 Å². The highest BCUT2D eigenvalue weighted by atomic mass is 35.7. The van der Waals surface area contributed by atoms with Crippen molar-refractivity contribution in [2.45, 2.75) is 24.8 Å². The number of nitrogens with zero attached hydrogens (tertiary/aromatic N) is 1. The summed E-state index contributed by atoms with van der Waals surface area (Å²) in [6, 6.07) is 11.3. The van der Waals surface area contributed by atoms with E-state index in [1.807, 2.05) is 6.92 Å². The first-order valence-corrected chi connectivity index (χ1v) is 10.8. The largest absolute Gasteiger partial charge is 0.444 e. The molecule has 2 atom stereocenters. The molecule has 2 aromatic carbocycles. The summed E-state index contributed by atoms with van der Waals surface area (Å²) in [5.74, 6) is 0.568. The van der Waals surface area contributed by atoms with Gasteiger partial charge in [-0.2, -0.15) is 0 Å². The van der Waals surface area contributed by atoms with Crippen LogP contribution in [0.1, 0.15) is 24.1 Å². The first-order valence-electron chi connectivity index (χ1n) is 6.85. The lowest BCUT2D eigenvalue weighted by molar-refractivity contribution is 0.422. The van der Waals surface area contributed by atoms with Crippen LogP contribution in [0.4, 0.5) is 0 Å². The van der Waals surface area contributed by atoms with Crippen LogP contribution in [0.3, 0.4) is 0 Å². The van der Waals surface area contributed by atoms with Gasteiger partial charge in [0.1, 0.15) is 5.75 Å². The molecule has 0 spiro atoms. The molecule has 3 rings (SSSR count). The number of benzene rings is 2. The molecule has 0 N–H and O–H groups in total. The first-order chi connectivity index (χ1) is 10.8. The zero-order chi connectivity index (χ0) is 16.8. The Kier molecular flexibility index (Phi) is 4.60. The van der Waals surface area contributed by atoms with Crippen LogP contribution >= 0.6 is 30.5 Å². The Morgan fingerprint density at radius 3 is 2.48 bits per heavy atom. The molecule has 0 fully saturated rings. The SMILES string of the molecule is Cc1ccc(S(=O)(=O)N2C(C)c3cc(Cl)ccc3O[P@]2Cl)cc1. The molecule has 1 heterocycles. The van der Waals surface area contributed by atoms with E-state index in [2.05, 4.69) is 0 Å². The molecule has 4 nitrogen and oxygen atoms in total. The van der Waals surface area contributed by atoms with Gasteiger partial charge in [0.25, 0.3) is 17.7 Å². The van der Waals surface area contributed by atoms with Crippen LogP contribution in [-0.4, -0.2) is 12.5 Å². The number of hydrogen-bond acceptors (Lipinski definition) is 3. The van der Waals surface area contributed by atoms with Gasteiger partial charge < -0.3 is 4.52 Å². The fourth-order valence-electron chi connectivity index (χ4n) is 2.42. The van der Waals surface area contributed by atoms with E-state index in [4.69, 9.17) is 27.4 Å². The lowest BCUT2D eigenvalue weighted by Gasteiger charge is -2.36. The molecule has 2 aromatic rings. The van der Waals surface area contributed by atoms with Gasteiger partial charge in [-0.25, -0.2) is 8.42 Å². The van der Waals surface area contributed by atoms with Gasteiger partial charge in [0, 0.05) is 10.6 Å². The summed E-state index contributed by atoms with van der Waals surface area (Å²) in [5.41, 5.74) is 1.68. The molecule has 0 saturated heterocycles. The molecule has 23 heavy (non-hydrogen) atoms. The maximum Gasteiger partial charge on any atom is 0.281 e. The summed E-state index contributed by atoms with van der Waals surface area (Å²) in [5, 5.41) is 0.521. The van der Waals surface area contributed by atoms with E-state index in [0.29, 0.717) is 16.3 Å². The van der Waals surface area contributed by atoms with Gasteiger partial charge in [0.2, 0.25) is 0 Å². The Bertz CT molecular complexity index is 842. The first kappa shape index (κ1) is 17.0. The van der Waals surface area contributed by atoms with Crippen molar-refractivity contribution in [1.29, 1.82) is 0 Å². The molecule has 8 heteroatoms. The number of hydrogen-bond donors (Lipinski definition) is 0. The Labute approximate surface area is 146 Å². The van der Waals surface area contributed by atoms with Gasteiger partial charge in [-0.3, -0.25) is 0 Å². The third-order valence-corrected chi connectivity index (χ3v) is 8.62. The number of rotatable bonds is 2. The summed E-state index contributed by atoms with van der Waals surface area (Å²) in [6.07, 6.45) is 0. The summed E-state index contributed by atoms with van der Waals surface area (Å²) in [4.78, 5) is 0.192. The van der Waals surface area contributed by atoms with Crippen LogP contribution in [0.5, 0.6) is 5.75 Å². The van der Waals surface area contributed by atoms with Gasteiger partial charge in [-0.15, -0.1) is 4.08 Å². The number of halogens is 2. The van der Waals surface area contributed by atoms with Crippen molar-refractivity contribution in [3.8, 4) is 5.75 Å². The third-order valence-electron chi connectivity index (χ3n) is 3.65. The van der Waals surface area contributed by atoms with Crippen molar-refractivity contribution >= 4 is 40.5 Å². The van der Waals surface area contributed by atoms with Crippen molar-refractivity contribution in [3.05, 3.63) is 58.6 Å². The van der Waals surface area contributed by atoms with Crippen LogP contribution in [-0.2, 0) is 10.0 Å². The standard InChI is InChI=1S/C15H14Cl2NO3PS/c1-10-3-6-13(7-4-10)23(19,20)18-11(2)14-9-12(16)5-8-15(14)21-22(18)17/h3-9,11H,1-2H3/t11?,22-/m1/s1. The van der Waals surface area contributed by atoms with Crippen molar-refractivity contribution in [3.63, 3.8) is 0 Å². The lowest BCUT2D eigenvalue weighted by atomic mass is 10.1. The van der Waals surface area contributed by atoms with Gasteiger partial charge in [0.15, 0.2) is 0 Å². The van der Waals surface area contributed by atoms with Crippen molar-refractivity contribution in [1.82, 2.24) is 4.08 Å². The maximum absolute atomic E-state index is 13.0. The molecular formula is C15H14Cl2NO3PS. The molecule has 1 unspecified atom stereocenters. The van der Waals surface area contributed by atoms with Crippen molar-refractivity contribution in [2.75, 3.05) is 0 Å². The Morgan fingerprint density at radius 1 is 1.17 bits per heavy atom. The van der Waals surface area contributed by atoms with Crippen LogP contribution < -0.4 is 4.52 Å². The van der Waals surface area contributed by atoms with Crippen molar-refractivity contribution in [2.24, 2.45) is 0 Å². The van der Waals surface area contributed by atoms with Crippen molar-refractivity contribution < 1.29 is 12.9 Å². The summed E-state index contributed by atoms with van der Waals surface area (Å²) in [7, 11) is -5.61. The summed E-state index contributed by atoms with van der Waals surface area (Å²) >= 11 is 12.3. The number of aryl methyl sites for hydroxylation is 1. The highest BCUT2D eigenvalue weighted by molar-refractivity contribution is 7.98. The second-order valence-corrected chi connectivity index (χ2v) is 9.72. The molecular weight excluding hydrogens is 376 g/mol. The van der Waals surface area contributed by atoms with Crippen LogP contribution in [0.25, 0.3) is 0 Å². The highest BCUT2D eigenvalue weighted by Crippen LogP contribution is 2.59. The van der Waals surface area contributed by atoms with Crippen LogP contribution in [0, 0.1) is 6.92 Å². The number of fused-ring (bicyclic) bond motifs is 1. The predicted octanol–water partition coefficient (Wildman–Crippen LogP) is 5.26. The normalized spacial score (nSPS) is 21.6.